The lowest BCUT2D eigenvalue weighted by Crippen LogP contribution is -2.57. The quantitative estimate of drug-likeness (QED) is 0.736. The molecule has 0 aromatic rings. The number of quaternary nitrogens is 1. The minimum atomic E-state index is -6.76. The van der Waals surface area contributed by atoms with E-state index in [-0.39, 0.29) is 6.15 Å². The van der Waals surface area contributed by atoms with Gasteiger partial charge in [0.1, 0.15) is 5.97 Å². The highest BCUT2D eigenvalue weighted by Gasteiger charge is 2.68. The van der Waals surface area contributed by atoms with Crippen molar-refractivity contribution >= 4 is 5.97 Å². The third-order valence-electron chi connectivity index (χ3n) is 1.81. The van der Waals surface area contributed by atoms with Gasteiger partial charge >= 0.3 is 24.1 Å². The summed E-state index contributed by atoms with van der Waals surface area (Å²) in [4.78, 5) is 9.64. The first-order valence-electron chi connectivity index (χ1n) is 4.35. The van der Waals surface area contributed by atoms with Crippen LogP contribution < -0.4 is 11.3 Å². The predicted octanol–water partition coefficient (Wildman–Crippen LogP) is 2.19. The first kappa shape index (κ1) is 22.9. The maximum atomic E-state index is 12.5. The summed E-state index contributed by atoms with van der Waals surface area (Å²) in [6.07, 6.45) is -23.6. The zero-order chi connectivity index (χ0) is 17.4. The van der Waals surface area contributed by atoms with Gasteiger partial charge in [-0.2, -0.15) is 39.5 Å². The number of carboxylic acids is 1. The maximum Gasteiger partial charge on any atom is 0.459 e. The van der Waals surface area contributed by atoms with Crippen molar-refractivity contribution in [2.45, 2.75) is 36.7 Å². The first-order chi connectivity index (χ1) is 8.98. The third-order valence-corrected chi connectivity index (χ3v) is 1.81. The fourth-order valence-corrected chi connectivity index (χ4v) is 0.715. The molecule has 0 saturated carbocycles. The Morgan fingerprint density at radius 1 is 0.909 bits per heavy atom. The molecule has 0 aliphatic carbocycles. The molecule has 2 atom stereocenters. The second kappa shape index (κ2) is 6.39. The van der Waals surface area contributed by atoms with Gasteiger partial charge in [-0.05, 0) is 0 Å². The maximum absolute atomic E-state index is 12.5. The van der Waals surface area contributed by atoms with Crippen molar-refractivity contribution in [3.63, 3.8) is 0 Å². The van der Waals surface area contributed by atoms with E-state index in [0.717, 1.165) is 0 Å². The predicted molar refractivity (Wildman–Crippen MR) is 42.8 cm³/mol. The Morgan fingerprint density at radius 3 is 1.55 bits per heavy atom. The molecule has 0 aromatic carbocycles. The van der Waals surface area contributed by atoms with Crippen molar-refractivity contribution in [3.05, 3.63) is 0 Å². The van der Waals surface area contributed by atoms with E-state index in [1.54, 1.807) is 0 Å². The first-order valence-corrected chi connectivity index (χ1v) is 4.35. The second-order valence-electron chi connectivity index (χ2n) is 3.39. The van der Waals surface area contributed by atoms with Gasteiger partial charge in [0.05, 0.1) is 0 Å². The fourth-order valence-electron chi connectivity index (χ4n) is 0.715. The molecule has 15 heteroatoms. The molecule has 0 radical (unpaired) electrons. The average Bonchev–Trinajstić information content (AvgIpc) is 2.25. The summed E-state index contributed by atoms with van der Waals surface area (Å²) < 4.78 is 136. The number of hydrogen-bond donors (Lipinski definition) is 1. The average molecular weight is 361 g/mol. The lowest BCUT2D eigenvalue weighted by molar-refractivity contribution is -0.410. The standard InChI is InChI=1S/C7H3F11O3.H3N/c8-1(4(10,11)3(19)20)6(14,15)21-2(9)5(12,13)7(16,17)18;/h1-2H,(H,19,20);1H3. The summed E-state index contributed by atoms with van der Waals surface area (Å²) in [5.74, 6) is -16.4. The van der Waals surface area contributed by atoms with Crippen LogP contribution in [-0.4, -0.2) is 42.6 Å². The minimum absolute atomic E-state index is 0. The van der Waals surface area contributed by atoms with Gasteiger partial charge in [-0.15, -0.1) is 0 Å². The smallest absolute Gasteiger partial charge is 0.459 e. The molecule has 0 amide bonds. The van der Waals surface area contributed by atoms with Crippen LogP contribution in [0.3, 0.4) is 0 Å². The lowest BCUT2D eigenvalue weighted by Gasteiger charge is -2.30. The van der Waals surface area contributed by atoms with E-state index in [4.69, 9.17) is 0 Å². The van der Waals surface area contributed by atoms with Crippen LogP contribution in [0.1, 0.15) is 0 Å². The Kier molecular flexibility index (Phi) is 6.65. The van der Waals surface area contributed by atoms with Crippen molar-refractivity contribution in [1.82, 2.24) is 6.15 Å². The monoisotopic (exact) mass is 361 g/mol. The molecule has 22 heavy (non-hydrogen) atoms. The summed E-state index contributed by atoms with van der Waals surface area (Å²) in [6.45, 7) is 0. The normalized spacial score (nSPS) is 16.7. The molecule has 0 saturated heterocycles. The molecular weight excluding hydrogens is 355 g/mol. The van der Waals surface area contributed by atoms with Crippen molar-refractivity contribution < 1.29 is 62.9 Å². The van der Waals surface area contributed by atoms with E-state index in [9.17, 15) is 58.2 Å². The van der Waals surface area contributed by atoms with Gasteiger partial charge in [0.15, 0.2) is 0 Å². The van der Waals surface area contributed by atoms with Crippen LogP contribution in [0, 0.1) is 0 Å². The van der Waals surface area contributed by atoms with Gasteiger partial charge in [0, 0.05) is 0 Å². The molecule has 4 N–H and O–H groups in total. The summed E-state index contributed by atoms with van der Waals surface area (Å²) >= 11 is 0. The van der Waals surface area contributed by atoms with Crippen LogP contribution in [0.4, 0.5) is 48.3 Å². The number of alkyl halides is 11. The zero-order valence-corrected chi connectivity index (χ0v) is 10.0. The number of hydrogen-bond acceptors (Lipinski definition) is 3. The van der Waals surface area contributed by atoms with Crippen LogP contribution in [0.25, 0.3) is 0 Å². The van der Waals surface area contributed by atoms with E-state index in [1.807, 2.05) is 4.74 Å². The molecule has 4 nitrogen and oxygen atoms in total. The number of carbonyl (C=O) groups excluding carboxylic acids is 1. The third kappa shape index (κ3) is 4.31. The summed E-state index contributed by atoms with van der Waals surface area (Å²) in [5, 5.41) is 9.64. The molecule has 0 aliphatic heterocycles. The zero-order valence-electron chi connectivity index (χ0n) is 10.0. The fraction of sp³-hybridized carbons (Fsp3) is 0.857. The number of carboxylic acid groups (broad SMARTS) is 1. The Hall–Kier alpha value is -1.38. The molecule has 0 aromatic heterocycles. The van der Waals surface area contributed by atoms with Crippen molar-refractivity contribution in [2.75, 3.05) is 0 Å². The van der Waals surface area contributed by atoms with E-state index < -0.39 is 42.6 Å². The Balaban J connectivity index is 0. The number of ether oxygens (including phenoxy) is 1. The highest BCUT2D eigenvalue weighted by molar-refractivity contribution is 5.74. The van der Waals surface area contributed by atoms with Crippen LogP contribution in [0.5, 0.6) is 0 Å². The Morgan fingerprint density at radius 2 is 1.27 bits per heavy atom. The van der Waals surface area contributed by atoms with E-state index in [2.05, 4.69) is 0 Å². The Labute approximate surface area is 113 Å². The number of carbonyl (C=O) groups is 1. The summed E-state index contributed by atoms with van der Waals surface area (Å²) in [5.41, 5.74) is 0. The summed E-state index contributed by atoms with van der Waals surface area (Å²) in [6, 6.07) is 0. The van der Waals surface area contributed by atoms with Crippen molar-refractivity contribution in [1.29, 1.82) is 0 Å². The molecular formula is C7H6F11NO3. The number of aliphatic carboxylic acids is 1. The SMILES string of the molecule is O=C([O-])C(F)(F)C(F)C(F)(F)OC(F)C(F)(F)C(F)(F)F.[NH4+]. The van der Waals surface area contributed by atoms with E-state index in [0.29, 0.717) is 0 Å². The topological polar surface area (TPSA) is 85.9 Å². The number of halogens is 11. The molecule has 0 rings (SSSR count). The molecule has 2 unspecified atom stereocenters. The largest absolute Gasteiger partial charge is 0.544 e. The molecule has 0 bridgehead atoms. The molecule has 134 valence electrons. The van der Waals surface area contributed by atoms with Gasteiger partial charge in [-0.1, -0.05) is 0 Å². The van der Waals surface area contributed by atoms with Crippen LogP contribution >= 0.6 is 0 Å². The van der Waals surface area contributed by atoms with Crippen LogP contribution in [0.15, 0.2) is 0 Å². The Bertz CT molecular complexity index is 396. The minimum Gasteiger partial charge on any atom is -0.544 e. The van der Waals surface area contributed by atoms with Gasteiger partial charge in [-0.3, -0.25) is 4.74 Å². The molecule has 0 heterocycles. The lowest BCUT2D eigenvalue weighted by atomic mass is 10.2. The van der Waals surface area contributed by atoms with E-state index >= 15 is 0 Å². The highest BCUT2D eigenvalue weighted by atomic mass is 19.4. The summed E-state index contributed by atoms with van der Waals surface area (Å²) in [7, 11) is 0. The number of rotatable bonds is 6. The van der Waals surface area contributed by atoms with Gasteiger partial charge in [0.2, 0.25) is 0 Å². The highest BCUT2D eigenvalue weighted by Crippen LogP contribution is 2.43. The van der Waals surface area contributed by atoms with Gasteiger partial charge in [-0.25, -0.2) is 8.78 Å². The van der Waals surface area contributed by atoms with Crippen molar-refractivity contribution in [3.8, 4) is 0 Å². The van der Waals surface area contributed by atoms with Gasteiger partial charge in [0.25, 0.3) is 12.5 Å². The molecule has 0 spiro atoms. The van der Waals surface area contributed by atoms with Crippen molar-refractivity contribution in [2.24, 2.45) is 0 Å². The van der Waals surface area contributed by atoms with E-state index in [1.165, 1.54) is 0 Å². The van der Waals surface area contributed by atoms with Crippen LogP contribution in [-0.2, 0) is 9.53 Å². The molecule has 0 aliphatic rings. The second-order valence-corrected chi connectivity index (χ2v) is 3.39. The molecule has 0 fully saturated rings. The van der Waals surface area contributed by atoms with Crippen LogP contribution in [0.2, 0.25) is 0 Å². The van der Waals surface area contributed by atoms with Gasteiger partial charge < -0.3 is 16.1 Å².